The molecule has 3 aromatic rings. The second-order valence-electron chi connectivity index (χ2n) is 5.98. The Kier molecular flexibility index (Phi) is 5.27. The summed E-state index contributed by atoms with van der Waals surface area (Å²) in [5.74, 6) is 0.364. The molecule has 0 saturated heterocycles. The second kappa shape index (κ2) is 7.63. The number of nitrogens with two attached hydrogens (primary N) is 1. The number of nitrogens with one attached hydrogen (secondary N) is 1. The lowest BCUT2D eigenvalue weighted by atomic mass is 10.1. The highest BCUT2D eigenvalue weighted by atomic mass is 35.5. The van der Waals surface area contributed by atoms with Gasteiger partial charge in [0.15, 0.2) is 11.5 Å². The molecule has 1 aromatic carbocycles. The first-order valence-electron chi connectivity index (χ1n) is 8.22. The van der Waals surface area contributed by atoms with Crippen LogP contribution in [0.3, 0.4) is 0 Å². The van der Waals surface area contributed by atoms with Crippen LogP contribution in [0, 0.1) is 6.92 Å². The number of nitrogen functional groups attached to an aromatic ring is 1. The predicted molar refractivity (Wildman–Crippen MR) is 103 cm³/mol. The lowest BCUT2D eigenvalue weighted by Gasteiger charge is -2.15. The number of rotatable bonds is 4. The van der Waals surface area contributed by atoms with E-state index in [1.54, 1.807) is 45.2 Å². The number of aryl methyl sites for hydroxylation is 2. The number of anilines is 2. The number of ether oxygens (including phenoxy) is 1. The van der Waals surface area contributed by atoms with E-state index in [9.17, 15) is 4.79 Å². The van der Waals surface area contributed by atoms with E-state index in [0.717, 1.165) is 0 Å². The quantitative estimate of drug-likeness (QED) is 0.707. The largest absolute Gasteiger partial charge is 0.441 e. The number of pyridine rings is 1. The third-order valence-corrected chi connectivity index (χ3v) is 4.39. The van der Waals surface area contributed by atoms with Gasteiger partial charge in [-0.2, -0.15) is 0 Å². The molecule has 0 aliphatic rings. The van der Waals surface area contributed by atoms with Crippen molar-refractivity contribution in [3.63, 3.8) is 0 Å². The van der Waals surface area contributed by atoms with Crippen molar-refractivity contribution < 1.29 is 9.53 Å². The average molecular weight is 387 g/mol. The van der Waals surface area contributed by atoms with Gasteiger partial charge >= 0.3 is 6.09 Å². The van der Waals surface area contributed by atoms with Crippen LogP contribution in [0.15, 0.2) is 36.4 Å². The molecular weight excluding hydrogens is 368 g/mol. The van der Waals surface area contributed by atoms with Crippen molar-refractivity contribution in [1.29, 1.82) is 0 Å². The molecule has 27 heavy (non-hydrogen) atoms. The molecule has 3 N–H and O–H groups in total. The first-order valence-corrected chi connectivity index (χ1v) is 8.60. The van der Waals surface area contributed by atoms with E-state index in [2.05, 4.69) is 20.6 Å². The Morgan fingerprint density at radius 3 is 2.74 bits per heavy atom. The van der Waals surface area contributed by atoms with Gasteiger partial charge in [-0.25, -0.2) is 14.5 Å². The van der Waals surface area contributed by atoms with Crippen LogP contribution in [0.5, 0.6) is 0 Å². The molecule has 0 unspecified atom stereocenters. The smallest absolute Gasteiger partial charge is 0.413 e. The van der Waals surface area contributed by atoms with Crippen LogP contribution in [0.2, 0.25) is 5.02 Å². The summed E-state index contributed by atoms with van der Waals surface area (Å²) in [7, 11) is 1.66. The summed E-state index contributed by atoms with van der Waals surface area (Å²) in [6, 6.07) is 10.6. The van der Waals surface area contributed by atoms with Gasteiger partial charge in [0.1, 0.15) is 6.10 Å². The summed E-state index contributed by atoms with van der Waals surface area (Å²) in [6.45, 7) is 3.54. The third-order valence-electron chi connectivity index (χ3n) is 4.04. The van der Waals surface area contributed by atoms with Crippen LogP contribution in [0.25, 0.3) is 11.4 Å². The monoisotopic (exact) mass is 386 g/mol. The van der Waals surface area contributed by atoms with Crippen molar-refractivity contribution in [2.75, 3.05) is 11.1 Å². The number of carbonyl (C=O) groups excluding carboxylic acids is 1. The number of carbonyl (C=O) groups is 1. The maximum atomic E-state index is 12.4. The van der Waals surface area contributed by atoms with Gasteiger partial charge in [0.05, 0.1) is 17.1 Å². The van der Waals surface area contributed by atoms with Crippen molar-refractivity contribution in [2.45, 2.75) is 20.0 Å². The van der Waals surface area contributed by atoms with Crippen LogP contribution < -0.4 is 11.1 Å². The predicted octanol–water partition coefficient (Wildman–Crippen LogP) is 3.73. The number of nitrogens with zero attached hydrogens (tertiary/aromatic N) is 4. The highest BCUT2D eigenvalue weighted by Gasteiger charge is 2.20. The van der Waals surface area contributed by atoms with E-state index in [1.165, 1.54) is 4.68 Å². The fourth-order valence-electron chi connectivity index (χ4n) is 2.53. The van der Waals surface area contributed by atoms with Crippen molar-refractivity contribution in [2.24, 2.45) is 7.05 Å². The summed E-state index contributed by atoms with van der Waals surface area (Å²) in [6.07, 6.45) is -1.18. The number of hydrogen-bond acceptors (Lipinski definition) is 6. The van der Waals surface area contributed by atoms with E-state index in [-0.39, 0.29) is 0 Å². The van der Waals surface area contributed by atoms with Crippen LogP contribution >= 0.6 is 11.6 Å². The molecule has 9 heteroatoms. The summed E-state index contributed by atoms with van der Waals surface area (Å²) < 4.78 is 6.87. The summed E-state index contributed by atoms with van der Waals surface area (Å²) >= 11 is 6.15. The third kappa shape index (κ3) is 4.01. The van der Waals surface area contributed by atoms with Gasteiger partial charge < -0.3 is 10.5 Å². The minimum Gasteiger partial charge on any atom is -0.441 e. The summed E-state index contributed by atoms with van der Waals surface area (Å²) in [5, 5.41) is 11.2. The zero-order valence-corrected chi connectivity index (χ0v) is 15.9. The van der Waals surface area contributed by atoms with E-state index >= 15 is 0 Å². The second-order valence-corrected chi connectivity index (χ2v) is 6.38. The van der Waals surface area contributed by atoms with Crippen LogP contribution in [0.1, 0.15) is 24.3 Å². The van der Waals surface area contributed by atoms with Crippen molar-refractivity contribution in [3.05, 3.63) is 52.7 Å². The molecule has 1 atom stereocenters. The molecule has 1 amide bonds. The Morgan fingerprint density at radius 2 is 2.04 bits per heavy atom. The molecule has 0 saturated carbocycles. The Bertz CT molecular complexity index is 988. The molecule has 0 aliphatic heterocycles. The normalized spacial score (nSPS) is 11.9. The van der Waals surface area contributed by atoms with E-state index in [0.29, 0.717) is 39.2 Å². The molecule has 0 fully saturated rings. The van der Waals surface area contributed by atoms with Crippen LogP contribution in [-0.4, -0.2) is 26.1 Å². The van der Waals surface area contributed by atoms with E-state index in [4.69, 9.17) is 22.1 Å². The lowest BCUT2D eigenvalue weighted by molar-refractivity contribution is 0.121. The molecule has 2 heterocycles. The first-order chi connectivity index (χ1) is 12.9. The highest BCUT2D eigenvalue weighted by molar-refractivity contribution is 6.31. The van der Waals surface area contributed by atoms with Crippen molar-refractivity contribution in [1.82, 2.24) is 20.0 Å². The molecule has 140 valence electrons. The number of hydrogen-bond donors (Lipinski definition) is 2. The van der Waals surface area contributed by atoms with Gasteiger partial charge in [-0.15, -0.1) is 5.10 Å². The summed E-state index contributed by atoms with van der Waals surface area (Å²) in [4.78, 5) is 16.8. The zero-order valence-electron chi connectivity index (χ0n) is 15.1. The highest BCUT2D eigenvalue weighted by Crippen LogP contribution is 2.27. The molecule has 2 aromatic heterocycles. The lowest BCUT2D eigenvalue weighted by Crippen LogP contribution is -2.18. The minimum absolute atomic E-state index is 0.364. The van der Waals surface area contributed by atoms with Gasteiger partial charge in [0, 0.05) is 17.6 Å². The van der Waals surface area contributed by atoms with Gasteiger partial charge in [-0.1, -0.05) is 35.0 Å². The maximum absolute atomic E-state index is 12.4. The van der Waals surface area contributed by atoms with E-state index < -0.39 is 12.2 Å². The first kappa shape index (κ1) is 18.7. The van der Waals surface area contributed by atoms with E-state index in [1.807, 2.05) is 12.1 Å². The fourth-order valence-corrected chi connectivity index (χ4v) is 2.82. The molecule has 0 bridgehead atoms. The average Bonchev–Trinajstić information content (AvgIpc) is 2.98. The molecular formula is C18H19ClN6O2. The number of benzene rings is 1. The molecule has 0 radical (unpaired) electrons. The van der Waals surface area contributed by atoms with Crippen molar-refractivity contribution in [3.8, 4) is 11.4 Å². The Morgan fingerprint density at radius 1 is 1.30 bits per heavy atom. The Balaban J connectivity index is 1.79. The minimum atomic E-state index is -0.652. The van der Waals surface area contributed by atoms with Gasteiger partial charge in [0.25, 0.3) is 0 Å². The van der Waals surface area contributed by atoms with Gasteiger partial charge in [0.2, 0.25) is 0 Å². The van der Waals surface area contributed by atoms with Gasteiger partial charge in [-0.05, 0) is 32.0 Å². The molecule has 0 aliphatic carbocycles. The zero-order chi connectivity index (χ0) is 19.6. The fraction of sp³-hybridized carbons (Fsp3) is 0.222. The Labute approximate surface area is 161 Å². The van der Waals surface area contributed by atoms with Gasteiger partial charge in [-0.3, -0.25) is 5.32 Å². The standard InChI is InChI=1S/C18H19ClN6O2/c1-10-14(20)8-9-15(21-10)16-17(25(3)24-23-16)22-18(26)27-11(2)12-6-4-5-7-13(12)19/h4-9,11H,20H2,1-3H3,(H,22,26)/t11-/m1/s1. The number of amides is 1. The maximum Gasteiger partial charge on any atom is 0.413 e. The molecule has 8 nitrogen and oxygen atoms in total. The van der Waals surface area contributed by atoms with Crippen LogP contribution in [-0.2, 0) is 11.8 Å². The number of aromatic nitrogens is 4. The number of halogens is 1. The summed E-state index contributed by atoms with van der Waals surface area (Å²) in [5.41, 5.74) is 8.73. The molecule has 0 spiro atoms. The van der Waals surface area contributed by atoms with Crippen molar-refractivity contribution >= 4 is 29.2 Å². The Hall–Kier alpha value is -3.13. The SMILES string of the molecule is Cc1nc(-c2nnn(C)c2NC(=O)O[C@H](C)c2ccccc2Cl)ccc1N. The molecule has 3 rings (SSSR count). The topological polar surface area (TPSA) is 108 Å². The van der Waals surface area contributed by atoms with Crippen LogP contribution in [0.4, 0.5) is 16.3 Å².